The zero-order valence-electron chi connectivity index (χ0n) is 9.86. The minimum absolute atomic E-state index is 0.0252. The lowest BCUT2D eigenvalue weighted by molar-refractivity contribution is -0.384. The summed E-state index contributed by atoms with van der Waals surface area (Å²) in [4.78, 5) is 10.1. The normalized spacial score (nSPS) is 22.5. The van der Waals surface area contributed by atoms with Crippen LogP contribution in [0.1, 0.15) is 6.42 Å². The number of allylic oxidation sites excluding steroid dienone is 1. The molecule has 1 aliphatic carbocycles. The number of rotatable bonds is 3. The third-order valence-corrected chi connectivity index (χ3v) is 3.21. The number of nitrogens with two attached hydrogens (primary N) is 1. The standard InChI is InChI=1S/C12H11BrN4O2/c13-12(7-1-2-9(14)8-12)16-15-10-3-5-11(6-4-10)17(18)19/h1-6,8H,7,14H2. The molecule has 0 spiro atoms. The Morgan fingerprint density at radius 1 is 1.37 bits per heavy atom. The molecular formula is C12H11BrN4O2. The van der Waals surface area contributed by atoms with E-state index >= 15 is 0 Å². The Morgan fingerprint density at radius 2 is 2.05 bits per heavy atom. The Bertz CT molecular complexity index is 580. The van der Waals surface area contributed by atoms with Crippen LogP contribution >= 0.6 is 15.9 Å². The third-order valence-electron chi connectivity index (χ3n) is 2.49. The number of nitro groups is 1. The second-order valence-electron chi connectivity index (χ2n) is 4.04. The van der Waals surface area contributed by atoms with E-state index in [0.29, 0.717) is 17.8 Å². The average molecular weight is 323 g/mol. The van der Waals surface area contributed by atoms with Gasteiger partial charge in [0, 0.05) is 24.3 Å². The van der Waals surface area contributed by atoms with Gasteiger partial charge < -0.3 is 5.73 Å². The number of azo groups is 1. The summed E-state index contributed by atoms with van der Waals surface area (Å²) in [6, 6.07) is 5.87. The number of alkyl halides is 1. The number of halogens is 1. The summed E-state index contributed by atoms with van der Waals surface area (Å²) in [7, 11) is 0. The molecule has 0 aliphatic heterocycles. The summed E-state index contributed by atoms with van der Waals surface area (Å²) < 4.78 is -0.645. The zero-order valence-corrected chi connectivity index (χ0v) is 11.4. The minimum Gasteiger partial charge on any atom is -0.399 e. The SMILES string of the molecule is NC1=CC(Br)(N=Nc2ccc([N+](=O)[O-])cc2)CC=C1. The molecular weight excluding hydrogens is 312 g/mol. The van der Waals surface area contributed by atoms with Crippen molar-refractivity contribution in [3.05, 3.63) is 58.3 Å². The van der Waals surface area contributed by atoms with Crippen molar-refractivity contribution in [2.24, 2.45) is 16.0 Å². The second-order valence-corrected chi connectivity index (χ2v) is 5.42. The highest BCUT2D eigenvalue weighted by atomic mass is 79.9. The smallest absolute Gasteiger partial charge is 0.269 e. The van der Waals surface area contributed by atoms with Crippen LogP contribution in [-0.2, 0) is 0 Å². The minimum atomic E-state index is -0.645. The summed E-state index contributed by atoms with van der Waals surface area (Å²) in [6.45, 7) is 0. The van der Waals surface area contributed by atoms with E-state index in [4.69, 9.17) is 5.73 Å². The summed E-state index contributed by atoms with van der Waals surface area (Å²) >= 11 is 3.46. The molecule has 1 aromatic carbocycles. The lowest BCUT2D eigenvalue weighted by atomic mass is 10.1. The number of hydrogen-bond donors (Lipinski definition) is 1. The maximum Gasteiger partial charge on any atom is 0.269 e. The fourth-order valence-electron chi connectivity index (χ4n) is 1.57. The Labute approximate surface area is 118 Å². The quantitative estimate of drug-likeness (QED) is 0.303. The molecule has 98 valence electrons. The molecule has 0 saturated heterocycles. The molecule has 0 amide bonds. The molecule has 7 heteroatoms. The maximum absolute atomic E-state index is 10.5. The Morgan fingerprint density at radius 3 is 2.63 bits per heavy atom. The zero-order chi connectivity index (χ0) is 13.9. The Balaban J connectivity index is 2.14. The lowest BCUT2D eigenvalue weighted by Gasteiger charge is -2.19. The topological polar surface area (TPSA) is 93.9 Å². The van der Waals surface area contributed by atoms with Crippen LogP contribution in [-0.4, -0.2) is 9.37 Å². The highest BCUT2D eigenvalue weighted by molar-refractivity contribution is 9.10. The van der Waals surface area contributed by atoms with Gasteiger partial charge in [-0.15, -0.1) is 0 Å². The lowest BCUT2D eigenvalue weighted by Crippen LogP contribution is -2.17. The highest BCUT2D eigenvalue weighted by Crippen LogP contribution is 2.32. The summed E-state index contributed by atoms with van der Waals surface area (Å²) in [5.41, 5.74) is 6.89. The van der Waals surface area contributed by atoms with Crippen molar-refractivity contribution in [1.29, 1.82) is 0 Å². The van der Waals surface area contributed by atoms with E-state index < -0.39 is 9.37 Å². The van der Waals surface area contributed by atoms with Gasteiger partial charge in [-0.2, -0.15) is 10.2 Å². The van der Waals surface area contributed by atoms with Crippen molar-refractivity contribution in [2.75, 3.05) is 0 Å². The predicted octanol–water partition coefficient (Wildman–Crippen LogP) is 3.57. The van der Waals surface area contributed by atoms with Crippen LogP contribution in [0.15, 0.2) is 58.4 Å². The molecule has 0 radical (unpaired) electrons. The number of non-ortho nitro benzene ring substituents is 1. The van der Waals surface area contributed by atoms with E-state index in [0.717, 1.165) is 0 Å². The highest BCUT2D eigenvalue weighted by Gasteiger charge is 2.24. The van der Waals surface area contributed by atoms with Gasteiger partial charge in [0.2, 0.25) is 0 Å². The molecule has 0 saturated carbocycles. The van der Waals surface area contributed by atoms with E-state index in [2.05, 4.69) is 26.2 Å². The molecule has 0 fully saturated rings. The van der Waals surface area contributed by atoms with Crippen LogP contribution in [0.3, 0.4) is 0 Å². The van der Waals surface area contributed by atoms with E-state index in [9.17, 15) is 10.1 Å². The van der Waals surface area contributed by atoms with E-state index in [1.165, 1.54) is 12.1 Å². The van der Waals surface area contributed by atoms with Gasteiger partial charge in [0.25, 0.3) is 5.69 Å². The molecule has 6 nitrogen and oxygen atoms in total. The van der Waals surface area contributed by atoms with Crippen LogP contribution in [0.2, 0.25) is 0 Å². The van der Waals surface area contributed by atoms with Crippen molar-refractivity contribution in [3.63, 3.8) is 0 Å². The fraction of sp³-hybridized carbons (Fsp3) is 0.167. The second kappa shape index (κ2) is 5.31. The van der Waals surface area contributed by atoms with E-state index in [1.54, 1.807) is 24.3 Å². The molecule has 0 heterocycles. The molecule has 1 atom stereocenters. The summed E-state index contributed by atoms with van der Waals surface area (Å²) in [5.74, 6) is 0. The fourth-order valence-corrected chi connectivity index (χ4v) is 2.10. The Hall–Kier alpha value is -2.02. The van der Waals surface area contributed by atoms with Crippen molar-refractivity contribution >= 4 is 27.3 Å². The number of nitrogens with zero attached hydrogens (tertiary/aromatic N) is 3. The molecule has 1 aromatic rings. The van der Waals surface area contributed by atoms with Gasteiger partial charge >= 0.3 is 0 Å². The molecule has 0 aromatic heterocycles. The number of benzene rings is 1. The average Bonchev–Trinajstić information content (AvgIpc) is 2.37. The van der Waals surface area contributed by atoms with Crippen LogP contribution in [0, 0.1) is 10.1 Å². The van der Waals surface area contributed by atoms with Gasteiger partial charge in [-0.25, -0.2) is 0 Å². The van der Waals surface area contributed by atoms with Crippen molar-refractivity contribution in [2.45, 2.75) is 10.9 Å². The number of hydrogen-bond acceptors (Lipinski definition) is 5. The first-order valence-electron chi connectivity index (χ1n) is 5.50. The van der Waals surface area contributed by atoms with Crippen LogP contribution in [0.25, 0.3) is 0 Å². The van der Waals surface area contributed by atoms with Gasteiger partial charge in [0.05, 0.1) is 10.6 Å². The Kier molecular flexibility index (Phi) is 3.75. The summed E-state index contributed by atoms with van der Waals surface area (Å²) in [5, 5.41) is 18.8. The monoisotopic (exact) mass is 322 g/mol. The van der Waals surface area contributed by atoms with Gasteiger partial charge in [0.1, 0.15) is 0 Å². The van der Waals surface area contributed by atoms with Crippen molar-refractivity contribution in [3.8, 4) is 0 Å². The number of nitro benzene ring substituents is 1. The molecule has 2 N–H and O–H groups in total. The molecule has 0 bridgehead atoms. The molecule has 19 heavy (non-hydrogen) atoms. The van der Waals surface area contributed by atoms with Crippen molar-refractivity contribution in [1.82, 2.24) is 0 Å². The first kappa shape index (κ1) is 13.4. The largest absolute Gasteiger partial charge is 0.399 e. The third kappa shape index (κ3) is 3.47. The van der Waals surface area contributed by atoms with Crippen LogP contribution in [0.4, 0.5) is 11.4 Å². The summed E-state index contributed by atoms with van der Waals surface area (Å²) in [6.07, 6.45) is 6.12. The molecule has 1 aliphatic rings. The van der Waals surface area contributed by atoms with Gasteiger partial charge in [0.15, 0.2) is 4.45 Å². The first-order chi connectivity index (χ1) is 8.98. The van der Waals surface area contributed by atoms with Gasteiger partial charge in [-0.3, -0.25) is 10.1 Å². The van der Waals surface area contributed by atoms with Crippen LogP contribution in [0.5, 0.6) is 0 Å². The van der Waals surface area contributed by atoms with E-state index in [-0.39, 0.29) is 5.69 Å². The van der Waals surface area contributed by atoms with Gasteiger partial charge in [-0.1, -0.05) is 22.0 Å². The van der Waals surface area contributed by atoms with Crippen LogP contribution < -0.4 is 5.73 Å². The van der Waals surface area contributed by atoms with Gasteiger partial charge in [-0.05, 0) is 24.3 Å². The first-order valence-corrected chi connectivity index (χ1v) is 6.29. The maximum atomic E-state index is 10.5. The molecule has 2 rings (SSSR count). The van der Waals surface area contributed by atoms with E-state index in [1.807, 2.05) is 6.08 Å². The predicted molar refractivity (Wildman–Crippen MR) is 75.3 cm³/mol. The molecule has 1 unspecified atom stereocenters. The van der Waals surface area contributed by atoms with Crippen molar-refractivity contribution < 1.29 is 4.92 Å².